The van der Waals surface area contributed by atoms with E-state index in [0.717, 1.165) is 11.8 Å². The molecule has 2 unspecified atom stereocenters. The summed E-state index contributed by atoms with van der Waals surface area (Å²) >= 11 is 2.13. The Kier molecular flexibility index (Phi) is 4.09. The highest BCUT2D eigenvalue weighted by molar-refractivity contribution is 8.00. The zero-order chi connectivity index (χ0) is 13.1. The molecule has 1 nitrogen and oxygen atoms in total. The predicted molar refractivity (Wildman–Crippen MR) is 85.8 cm³/mol. The van der Waals surface area contributed by atoms with Crippen molar-refractivity contribution >= 4 is 22.5 Å². The van der Waals surface area contributed by atoms with Gasteiger partial charge in [0, 0.05) is 11.3 Å². The average Bonchev–Trinajstić information content (AvgIpc) is 2.98. The maximum atomic E-state index is 3.71. The summed E-state index contributed by atoms with van der Waals surface area (Å²) in [5, 5.41) is 7.20. The smallest absolute Gasteiger partial charge is 0.0446 e. The largest absolute Gasteiger partial charge is 0.309 e. The second-order valence-corrected chi connectivity index (χ2v) is 6.50. The van der Waals surface area contributed by atoms with Gasteiger partial charge in [0.15, 0.2) is 0 Å². The van der Waals surface area contributed by atoms with E-state index in [0.29, 0.717) is 6.04 Å². The fraction of sp³-hybridized carbons (Fsp3) is 0.412. The summed E-state index contributed by atoms with van der Waals surface area (Å²) < 4.78 is 0. The summed E-state index contributed by atoms with van der Waals surface area (Å²) in [5.74, 6) is 1.32. The normalized spacial score (nSPS) is 20.8. The predicted octanol–water partition coefficient (Wildman–Crippen LogP) is 4.39. The molecule has 1 aliphatic heterocycles. The molecule has 100 valence electrons. The molecule has 0 saturated carbocycles. The summed E-state index contributed by atoms with van der Waals surface area (Å²) in [5.41, 5.74) is 1.47. The Hall–Kier alpha value is -0.990. The van der Waals surface area contributed by atoms with Gasteiger partial charge >= 0.3 is 0 Å². The molecule has 1 aliphatic rings. The van der Waals surface area contributed by atoms with Gasteiger partial charge in [-0.05, 0) is 41.5 Å². The minimum Gasteiger partial charge on any atom is -0.309 e. The van der Waals surface area contributed by atoms with Crippen molar-refractivity contribution in [3.05, 3.63) is 48.0 Å². The van der Waals surface area contributed by atoms with Crippen LogP contribution in [0.3, 0.4) is 0 Å². The monoisotopic (exact) mass is 271 g/mol. The van der Waals surface area contributed by atoms with Crippen LogP contribution < -0.4 is 5.32 Å². The molecule has 0 aliphatic carbocycles. The summed E-state index contributed by atoms with van der Waals surface area (Å²) in [7, 11) is 0. The van der Waals surface area contributed by atoms with E-state index in [9.17, 15) is 0 Å². The van der Waals surface area contributed by atoms with E-state index in [1.165, 1.54) is 34.9 Å². The zero-order valence-electron chi connectivity index (χ0n) is 11.4. The summed E-state index contributed by atoms with van der Waals surface area (Å²) in [6, 6.07) is 15.9. The standard InChI is InChI=1S/C17H21NS/c1-2-18-17(16-11-6-12-19-16)15-10-5-8-13-7-3-4-9-14(13)15/h3-5,7-10,16-18H,2,6,11-12H2,1H3. The van der Waals surface area contributed by atoms with E-state index in [1.807, 2.05) is 0 Å². The van der Waals surface area contributed by atoms with E-state index in [4.69, 9.17) is 0 Å². The molecule has 1 fully saturated rings. The first-order chi connectivity index (χ1) is 9.40. The van der Waals surface area contributed by atoms with E-state index in [-0.39, 0.29) is 0 Å². The van der Waals surface area contributed by atoms with Crippen LogP contribution in [0.5, 0.6) is 0 Å². The van der Waals surface area contributed by atoms with Crippen molar-refractivity contribution < 1.29 is 0 Å². The molecule has 0 radical (unpaired) electrons. The Morgan fingerprint density at radius 2 is 2.05 bits per heavy atom. The molecular formula is C17H21NS. The third kappa shape index (κ3) is 2.65. The molecule has 19 heavy (non-hydrogen) atoms. The lowest BCUT2D eigenvalue weighted by molar-refractivity contribution is 0.522. The third-order valence-corrected chi connectivity index (χ3v) is 5.38. The van der Waals surface area contributed by atoms with Gasteiger partial charge in [0.25, 0.3) is 0 Å². The highest BCUT2D eigenvalue weighted by atomic mass is 32.2. The van der Waals surface area contributed by atoms with Gasteiger partial charge in [0.1, 0.15) is 0 Å². The number of rotatable bonds is 4. The van der Waals surface area contributed by atoms with Gasteiger partial charge in [0.2, 0.25) is 0 Å². The molecule has 3 rings (SSSR count). The van der Waals surface area contributed by atoms with Crippen LogP contribution in [-0.4, -0.2) is 17.5 Å². The first-order valence-corrected chi connectivity index (χ1v) is 8.27. The summed E-state index contributed by atoms with van der Waals surface area (Å²) in [4.78, 5) is 0. The SMILES string of the molecule is CCNC(c1cccc2ccccc12)C1CCCS1. The Morgan fingerprint density at radius 1 is 1.21 bits per heavy atom. The number of benzene rings is 2. The van der Waals surface area contributed by atoms with E-state index >= 15 is 0 Å². The molecule has 0 aromatic heterocycles. The second-order valence-electron chi connectivity index (χ2n) is 5.16. The highest BCUT2D eigenvalue weighted by Gasteiger charge is 2.27. The van der Waals surface area contributed by atoms with Crippen LogP contribution in [-0.2, 0) is 0 Å². The quantitative estimate of drug-likeness (QED) is 0.885. The van der Waals surface area contributed by atoms with E-state index in [2.05, 4.69) is 66.5 Å². The van der Waals surface area contributed by atoms with Crippen molar-refractivity contribution in [1.29, 1.82) is 0 Å². The molecule has 0 spiro atoms. The minimum atomic E-state index is 0.489. The Balaban J connectivity index is 2.03. The van der Waals surface area contributed by atoms with E-state index < -0.39 is 0 Å². The van der Waals surface area contributed by atoms with Gasteiger partial charge in [-0.2, -0.15) is 11.8 Å². The van der Waals surface area contributed by atoms with Crippen molar-refractivity contribution in [1.82, 2.24) is 5.32 Å². The Morgan fingerprint density at radius 3 is 2.84 bits per heavy atom. The maximum absolute atomic E-state index is 3.71. The zero-order valence-corrected chi connectivity index (χ0v) is 12.2. The molecule has 0 bridgehead atoms. The van der Waals surface area contributed by atoms with Crippen molar-refractivity contribution in [3.8, 4) is 0 Å². The van der Waals surface area contributed by atoms with Crippen LogP contribution in [0, 0.1) is 0 Å². The molecule has 1 N–H and O–H groups in total. The number of thioether (sulfide) groups is 1. The Bertz CT molecular complexity index is 540. The van der Waals surface area contributed by atoms with Crippen molar-refractivity contribution in [2.45, 2.75) is 31.1 Å². The lowest BCUT2D eigenvalue weighted by Gasteiger charge is -2.25. The molecular weight excluding hydrogens is 250 g/mol. The van der Waals surface area contributed by atoms with Crippen molar-refractivity contribution in [3.63, 3.8) is 0 Å². The average molecular weight is 271 g/mol. The van der Waals surface area contributed by atoms with E-state index in [1.54, 1.807) is 0 Å². The molecule has 2 aromatic rings. The van der Waals surface area contributed by atoms with Gasteiger partial charge in [0.05, 0.1) is 0 Å². The molecule has 0 amide bonds. The fourth-order valence-electron chi connectivity index (χ4n) is 3.05. The van der Waals surface area contributed by atoms with Crippen LogP contribution >= 0.6 is 11.8 Å². The molecule has 1 heterocycles. The highest BCUT2D eigenvalue weighted by Crippen LogP contribution is 2.38. The van der Waals surface area contributed by atoms with Crippen LogP contribution in [0.1, 0.15) is 31.4 Å². The summed E-state index contributed by atoms with van der Waals surface area (Å²) in [6.07, 6.45) is 2.70. The van der Waals surface area contributed by atoms with Gasteiger partial charge in [-0.1, -0.05) is 49.4 Å². The molecule has 2 heteroatoms. The second kappa shape index (κ2) is 5.98. The van der Waals surface area contributed by atoms with Gasteiger partial charge in [-0.25, -0.2) is 0 Å². The first kappa shape index (κ1) is 13.0. The Labute approximate surface area is 119 Å². The lowest BCUT2D eigenvalue weighted by atomic mass is 9.95. The number of hydrogen-bond acceptors (Lipinski definition) is 2. The fourth-order valence-corrected chi connectivity index (χ4v) is 4.45. The summed E-state index contributed by atoms with van der Waals surface area (Å²) in [6.45, 7) is 3.24. The first-order valence-electron chi connectivity index (χ1n) is 7.23. The maximum Gasteiger partial charge on any atom is 0.0446 e. The van der Waals surface area contributed by atoms with Crippen LogP contribution in [0.25, 0.3) is 10.8 Å². The van der Waals surface area contributed by atoms with Gasteiger partial charge < -0.3 is 5.32 Å². The van der Waals surface area contributed by atoms with Crippen molar-refractivity contribution in [2.75, 3.05) is 12.3 Å². The van der Waals surface area contributed by atoms with Crippen LogP contribution in [0.4, 0.5) is 0 Å². The van der Waals surface area contributed by atoms with Crippen molar-refractivity contribution in [2.24, 2.45) is 0 Å². The molecule has 2 aromatic carbocycles. The number of fused-ring (bicyclic) bond motifs is 1. The topological polar surface area (TPSA) is 12.0 Å². The van der Waals surface area contributed by atoms with Gasteiger partial charge in [-0.15, -0.1) is 0 Å². The van der Waals surface area contributed by atoms with Gasteiger partial charge in [-0.3, -0.25) is 0 Å². The minimum absolute atomic E-state index is 0.489. The third-order valence-electron chi connectivity index (χ3n) is 3.92. The molecule has 2 atom stereocenters. The molecule has 1 saturated heterocycles. The van der Waals surface area contributed by atoms with Crippen LogP contribution in [0.2, 0.25) is 0 Å². The van der Waals surface area contributed by atoms with Crippen LogP contribution in [0.15, 0.2) is 42.5 Å². The lowest BCUT2D eigenvalue weighted by Crippen LogP contribution is -2.29. The number of nitrogens with one attached hydrogen (secondary N) is 1. The number of hydrogen-bond donors (Lipinski definition) is 1.